The summed E-state index contributed by atoms with van der Waals surface area (Å²) in [5.41, 5.74) is -0.216. The Bertz CT molecular complexity index is 361. The Labute approximate surface area is 91.2 Å². The Kier molecular flexibility index (Phi) is 3.07. The van der Waals surface area contributed by atoms with E-state index in [0.717, 1.165) is 6.07 Å². The number of rotatable bonds is 2. The second-order valence-electron chi connectivity index (χ2n) is 3.39. The molecule has 0 bridgehead atoms. The van der Waals surface area contributed by atoms with Crippen LogP contribution < -0.4 is 5.32 Å². The van der Waals surface area contributed by atoms with Crippen molar-refractivity contribution in [1.82, 2.24) is 0 Å². The minimum atomic E-state index is -0.620. The molecule has 0 radical (unpaired) electrons. The number of halogens is 3. The molecule has 2 unspecified atom stereocenters. The largest absolute Gasteiger partial charge is 0.376 e. The highest BCUT2D eigenvalue weighted by molar-refractivity contribution is 6.20. The van der Waals surface area contributed by atoms with Crippen LogP contribution in [0, 0.1) is 11.6 Å². The molecule has 2 nitrogen and oxygen atoms in total. The van der Waals surface area contributed by atoms with Crippen molar-refractivity contribution in [2.24, 2.45) is 0 Å². The molecule has 0 amide bonds. The monoisotopic (exact) mass is 233 g/mol. The van der Waals surface area contributed by atoms with Crippen LogP contribution in [-0.4, -0.2) is 18.2 Å². The Morgan fingerprint density at radius 2 is 2.20 bits per heavy atom. The Morgan fingerprint density at radius 1 is 1.40 bits per heavy atom. The van der Waals surface area contributed by atoms with Crippen LogP contribution in [0.5, 0.6) is 0 Å². The van der Waals surface area contributed by atoms with Crippen LogP contribution in [0.25, 0.3) is 0 Å². The molecule has 2 rings (SSSR count). The number of nitrogens with one attached hydrogen (secondary N) is 1. The number of alkyl halides is 1. The van der Waals surface area contributed by atoms with Crippen LogP contribution in [0.2, 0.25) is 0 Å². The van der Waals surface area contributed by atoms with Crippen LogP contribution in [0.15, 0.2) is 18.2 Å². The molecule has 82 valence electrons. The first-order chi connectivity index (χ1) is 7.16. The van der Waals surface area contributed by atoms with Gasteiger partial charge in [-0.15, -0.1) is 0 Å². The summed E-state index contributed by atoms with van der Waals surface area (Å²) in [5, 5.41) is 2.89. The highest BCUT2D eigenvalue weighted by Crippen LogP contribution is 2.23. The summed E-state index contributed by atoms with van der Waals surface area (Å²) in [6.45, 7) is 0.550. The molecule has 1 fully saturated rings. The summed E-state index contributed by atoms with van der Waals surface area (Å²) >= 11 is 5.83. The second-order valence-corrected chi connectivity index (χ2v) is 3.82. The molecule has 15 heavy (non-hydrogen) atoms. The van der Waals surface area contributed by atoms with Crippen molar-refractivity contribution in [2.45, 2.75) is 18.0 Å². The molecule has 1 heterocycles. The summed E-state index contributed by atoms with van der Waals surface area (Å²) in [7, 11) is 0. The lowest BCUT2D eigenvalue weighted by atomic mass is 10.2. The Hall–Kier alpha value is -0.870. The average Bonchev–Trinajstić information content (AvgIpc) is 2.57. The second kappa shape index (κ2) is 4.33. The van der Waals surface area contributed by atoms with Gasteiger partial charge in [-0.2, -0.15) is 0 Å². The maximum atomic E-state index is 13.2. The van der Waals surface area contributed by atoms with E-state index in [1.54, 1.807) is 0 Å². The van der Waals surface area contributed by atoms with Gasteiger partial charge in [0.2, 0.25) is 0 Å². The van der Waals surface area contributed by atoms with Crippen molar-refractivity contribution >= 4 is 17.3 Å². The summed E-state index contributed by atoms with van der Waals surface area (Å²) in [6.07, 6.45) is 0.713. The summed E-state index contributed by atoms with van der Waals surface area (Å²) < 4.78 is 31.0. The number of hydrogen-bond donors (Lipinski definition) is 1. The van der Waals surface area contributed by atoms with Crippen molar-refractivity contribution in [3.63, 3.8) is 0 Å². The molecule has 0 aliphatic carbocycles. The van der Waals surface area contributed by atoms with Crippen molar-refractivity contribution in [3.05, 3.63) is 29.8 Å². The molecule has 1 aliphatic heterocycles. The van der Waals surface area contributed by atoms with E-state index in [4.69, 9.17) is 16.3 Å². The fourth-order valence-electron chi connectivity index (χ4n) is 1.50. The molecule has 1 aromatic carbocycles. The maximum absolute atomic E-state index is 13.2. The number of hydrogen-bond acceptors (Lipinski definition) is 2. The summed E-state index contributed by atoms with van der Waals surface area (Å²) in [6, 6.07) is 3.25. The molecule has 1 aromatic rings. The van der Waals surface area contributed by atoms with Gasteiger partial charge in [-0.1, -0.05) is 11.6 Å². The van der Waals surface area contributed by atoms with Crippen LogP contribution in [-0.2, 0) is 4.74 Å². The SMILES string of the molecule is Fc1ccc(NC2CCOC2Cl)c(F)c1. The molecule has 1 N–H and O–H groups in total. The molecule has 0 spiro atoms. The lowest BCUT2D eigenvalue weighted by Gasteiger charge is -2.16. The Morgan fingerprint density at radius 3 is 2.80 bits per heavy atom. The van der Waals surface area contributed by atoms with Gasteiger partial charge in [-0.3, -0.25) is 0 Å². The van der Waals surface area contributed by atoms with Gasteiger partial charge in [0, 0.05) is 6.07 Å². The highest BCUT2D eigenvalue weighted by Gasteiger charge is 2.26. The number of benzene rings is 1. The first-order valence-electron chi connectivity index (χ1n) is 4.64. The highest BCUT2D eigenvalue weighted by atomic mass is 35.5. The smallest absolute Gasteiger partial charge is 0.151 e. The van der Waals surface area contributed by atoms with E-state index in [1.165, 1.54) is 12.1 Å². The quantitative estimate of drug-likeness (QED) is 0.793. The molecule has 1 aliphatic rings. The van der Waals surface area contributed by atoms with Crippen molar-refractivity contribution in [2.75, 3.05) is 11.9 Å². The Balaban J connectivity index is 2.10. The van der Waals surface area contributed by atoms with Gasteiger partial charge >= 0.3 is 0 Å². The fourth-order valence-corrected chi connectivity index (χ4v) is 1.78. The van der Waals surface area contributed by atoms with E-state index in [9.17, 15) is 8.78 Å². The van der Waals surface area contributed by atoms with Gasteiger partial charge in [-0.05, 0) is 18.6 Å². The molecule has 5 heteroatoms. The lowest BCUT2D eigenvalue weighted by Crippen LogP contribution is -2.25. The first kappa shape index (κ1) is 10.6. The normalized spacial score (nSPS) is 25.5. The molecular formula is C10H10ClF2NO. The summed E-state index contributed by atoms with van der Waals surface area (Å²) in [4.78, 5) is 0. The van der Waals surface area contributed by atoms with Crippen LogP contribution in [0.3, 0.4) is 0 Å². The number of anilines is 1. The van der Waals surface area contributed by atoms with Crippen LogP contribution >= 0.6 is 11.6 Å². The standard InChI is InChI=1S/C10H10ClF2NO/c11-10-9(3-4-15-10)14-8-2-1-6(12)5-7(8)13/h1-2,5,9-10,14H,3-4H2. The third-order valence-corrected chi connectivity index (χ3v) is 2.72. The van der Waals surface area contributed by atoms with E-state index < -0.39 is 17.2 Å². The van der Waals surface area contributed by atoms with E-state index in [2.05, 4.69) is 5.32 Å². The van der Waals surface area contributed by atoms with E-state index in [-0.39, 0.29) is 11.7 Å². The predicted octanol–water partition coefficient (Wildman–Crippen LogP) is 2.73. The van der Waals surface area contributed by atoms with Gasteiger partial charge < -0.3 is 10.1 Å². The zero-order valence-corrected chi connectivity index (χ0v) is 8.60. The van der Waals surface area contributed by atoms with Gasteiger partial charge in [0.05, 0.1) is 18.3 Å². The van der Waals surface area contributed by atoms with E-state index in [0.29, 0.717) is 13.0 Å². The fraction of sp³-hybridized carbons (Fsp3) is 0.400. The molecule has 2 atom stereocenters. The van der Waals surface area contributed by atoms with Crippen LogP contribution in [0.1, 0.15) is 6.42 Å². The number of ether oxygens (including phenoxy) is 1. The van der Waals surface area contributed by atoms with Crippen molar-refractivity contribution < 1.29 is 13.5 Å². The molecule has 0 aromatic heterocycles. The van der Waals surface area contributed by atoms with Crippen LogP contribution in [0.4, 0.5) is 14.5 Å². The zero-order valence-electron chi connectivity index (χ0n) is 7.84. The third-order valence-electron chi connectivity index (χ3n) is 2.29. The van der Waals surface area contributed by atoms with Gasteiger partial charge in [0.1, 0.15) is 11.6 Å². The zero-order chi connectivity index (χ0) is 10.8. The van der Waals surface area contributed by atoms with Gasteiger partial charge in [0.25, 0.3) is 0 Å². The maximum Gasteiger partial charge on any atom is 0.151 e. The lowest BCUT2D eigenvalue weighted by molar-refractivity contribution is 0.165. The van der Waals surface area contributed by atoms with Crippen molar-refractivity contribution in [1.29, 1.82) is 0 Å². The molecular weight excluding hydrogens is 224 g/mol. The molecule has 0 saturated carbocycles. The average molecular weight is 234 g/mol. The summed E-state index contributed by atoms with van der Waals surface area (Å²) in [5.74, 6) is -1.21. The third kappa shape index (κ3) is 2.38. The predicted molar refractivity (Wildman–Crippen MR) is 54.0 cm³/mol. The minimum Gasteiger partial charge on any atom is -0.376 e. The van der Waals surface area contributed by atoms with E-state index in [1.807, 2.05) is 0 Å². The van der Waals surface area contributed by atoms with Crippen molar-refractivity contribution in [3.8, 4) is 0 Å². The molecule has 1 saturated heterocycles. The van der Waals surface area contributed by atoms with Gasteiger partial charge in [-0.25, -0.2) is 8.78 Å². The van der Waals surface area contributed by atoms with E-state index >= 15 is 0 Å². The van der Waals surface area contributed by atoms with Gasteiger partial charge in [0.15, 0.2) is 5.56 Å². The minimum absolute atomic E-state index is 0.133. The topological polar surface area (TPSA) is 21.3 Å². The first-order valence-corrected chi connectivity index (χ1v) is 5.08.